The van der Waals surface area contributed by atoms with Gasteiger partial charge in [0, 0.05) is 27.8 Å². The second-order valence-electron chi connectivity index (χ2n) is 14.6. The van der Waals surface area contributed by atoms with Gasteiger partial charge in [-0.1, -0.05) is 111 Å². The van der Waals surface area contributed by atoms with Crippen molar-refractivity contribution < 1.29 is 19.1 Å². The van der Waals surface area contributed by atoms with E-state index in [9.17, 15) is 9.59 Å². The van der Waals surface area contributed by atoms with E-state index in [1.165, 1.54) is 0 Å². The number of ether oxygens (including phenoxy) is 2. The highest BCUT2D eigenvalue weighted by atomic mass is 16.6. The largest absolute Gasteiger partial charge is 0.444 e. The molecule has 0 fully saturated rings. The van der Waals surface area contributed by atoms with Crippen LogP contribution in [0.3, 0.4) is 0 Å². The lowest BCUT2D eigenvalue weighted by atomic mass is 9.84. The van der Waals surface area contributed by atoms with Gasteiger partial charge >= 0.3 is 11.9 Å². The van der Waals surface area contributed by atoms with Gasteiger partial charge in [0.15, 0.2) is 11.2 Å². The Balaban J connectivity index is 1.36. The topological polar surface area (TPSA) is 52.6 Å². The molecule has 51 heavy (non-hydrogen) atoms. The number of esters is 2. The highest BCUT2D eigenvalue weighted by molar-refractivity contribution is 6.05. The van der Waals surface area contributed by atoms with Crippen molar-refractivity contribution in [3.63, 3.8) is 0 Å². The highest BCUT2D eigenvalue weighted by Gasteiger charge is 2.48. The van der Waals surface area contributed by atoms with Gasteiger partial charge in [-0.15, -0.1) is 0 Å². The molecule has 8 rings (SSSR count). The van der Waals surface area contributed by atoms with E-state index in [1.807, 2.05) is 57.2 Å². The van der Waals surface area contributed by atoms with E-state index in [-0.39, 0.29) is 5.97 Å². The molecule has 2 aliphatic carbocycles. The molecule has 4 heteroatoms. The van der Waals surface area contributed by atoms with Gasteiger partial charge in [-0.3, -0.25) is 4.79 Å². The first kappa shape index (κ1) is 32.2. The monoisotopic (exact) mass is 666 g/mol. The Kier molecular flexibility index (Phi) is 7.11. The smallest absolute Gasteiger partial charge is 0.334 e. The molecule has 6 aromatic carbocycles. The second kappa shape index (κ2) is 11.3. The first-order valence-electron chi connectivity index (χ1n) is 17.2. The Hall–Kier alpha value is -6.00. The van der Waals surface area contributed by atoms with E-state index < -0.39 is 22.6 Å². The molecule has 0 amide bonds. The number of fused-ring (bicyclic) bond motifs is 9. The SMILES string of the molecule is C=CC1(OC(=O)C(C)(C)C)c2cc(-c3cccc4c5c(ccc34)-c3ccccc3C5(C=C)OC(=O)C(=C)C)ccc2-c2cc3ccccc3cc21. The lowest BCUT2D eigenvalue weighted by molar-refractivity contribution is -0.162. The number of benzene rings is 6. The van der Waals surface area contributed by atoms with E-state index in [2.05, 4.69) is 92.5 Å². The number of carbonyl (C=O) groups excluding carboxylic acids is 2. The van der Waals surface area contributed by atoms with Crippen LogP contribution in [0, 0.1) is 5.41 Å². The third-order valence-electron chi connectivity index (χ3n) is 10.4. The molecule has 0 N–H and O–H groups in total. The van der Waals surface area contributed by atoms with Crippen LogP contribution in [-0.2, 0) is 30.3 Å². The van der Waals surface area contributed by atoms with Crippen LogP contribution in [0.1, 0.15) is 49.9 Å². The summed E-state index contributed by atoms with van der Waals surface area (Å²) in [5.74, 6) is -0.799. The zero-order chi connectivity index (χ0) is 35.9. The molecule has 2 unspecified atom stereocenters. The Morgan fingerprint density at radius 3 is 1.94 bits per heavy atom. The average Bonchev–Trinajstić information content (AvgIpc) is 3.56. The quantitative estimate of drug-likeness (QED) is 0.101. The van der Waals surface area contributed by atoms with Crippen LogP contribution in [0.5, 0.6) is 0 Å². The summed E-state index contributed by atoms with van der Waals surface area (Å²) in [7, 11) is 0. The molecule has 250 valence electrons. The molecule has 0 aromatic heterocycles. The number of rotatable bonds is 6. The Bertz CT molecular complexity index is 2530. The van der Waals surface area contributed by atoms with Crippen molar-refractivity contribution in [2.45, 2.75) is 38.9 Å². The maximum atomic E-state index is 13.7. The second-order valence-corrected chi connectivity index (χ2v) is 14.6. The van der Waals surface area contributed by atoms with E-state index in [4.69, 9.17) is 9.47 Å². The van der Waals surface area contributed by atoms with Crippen molar-refractivity contribution in [2.24, 2.45) is 5.41 Å². The first-order chi connectivity index (χ1) is 24.4. The molecule has 6 aromatic rings. The molecule has 0 bridgehead atoms. The number of hydrogen-bond donors (Lipinski definition) is 0. The summed E-state index contributed by atoms with van der Waals surface area (Å²) in [6, 6.07) is 37.4. The number of hydrogen-bond acceptors (Lipinski definition) is 4. The van der Waals surface area contributed by atoms with Gasteiger partial charge in [-0.25, -0.2) is 4.79 Å². The van der Waals surface area contributed by atoms with Crippen LogP contribution in [-0.4, -0.2) is 11.9 Å². The van der Waals surface area contributed by atoms with Crippen LogP contribution in [0.15, 0.2) is 147 Å². The normalized spacial score (nSPS) is 18.4. The lowest BCUT2D eigenvalue weighted by Gasteiger charge is -2.32. The minimum Gasteiger partial charge on any atom is -0.444 e. The van der Waals surface area contributed by atoms with Crippen molar-refractivity contribution in [1.29, 1.82) is 0 Å². The van der Waals surface area contributed by atoms with Gasteiger partial charge in [-0.2, -0.15) is 0 Å². The summed E-state index contributed by atoms with van der Waals surface area (Å²) in [5, 5.41) is 4.10. The third kappa shape index (κ3) is 4.59. The Morgan fingerprint density at radius 1 is 0.608 bits per heavy atom. The summed E-state index contributed by atoms with van der Waals surface area (Å²) in [5.41, 5.74) is 6.59. The van der Waals surface area contributed by atoms with E-state index in [0.29, 0.717) is 5.57 Å². The maximum Gasteiger partial charge on any atom is 0.334 e. The minimum atomic E-state index is -1.21. The molecule has 0 aliphatic heterocycles. The fraction of sp³-hybridized carbons (Fsp3) is 0.149. The van der Waals surface area contributed by atoms with Crippen LogP contribution in [0.25, 0.3) is 54.9 Å². The van der Waals surface area contributed by atoms with E-state index in [0.717, 1.165) is 77.2 Å². The van der Waals surface area contributed by atoms with Gasteiger partial charge < -0.3 is 9.47 Å². The van der Waals surface area contributed by atoms with Crippen LogP contribution >= 0.6 is 0 Å². The molecule has 2 atom stereocenters. The molecular weight excluding hydrogens is 629 g/mol. The molecule has 0 spiro atoms. The lowest BCUT2D eigenvalue weighted by Crippen LogP contribution is -2.35. The Morgan fingerprint density at radius 2 is 1.24 bits per heavy atom. The predicted molar refractivity (Wildman–Crippen MR) is 206 cm³/mol. The maximum absolute atomic E-state index is 13.7. The zero-order valence-corrected chi connectivity index (χ0v) is 29.3. The van der Waals surface area contributed by atoms with Crippen molar-refractivity contribution in [1.82, 2.24) is 0 Å². The van der Waals surface area contributed by atoms with Crippen molar-refractivity contribution >= 4 is 33.5 Å². The zero-order valence-electron chi connectivity index (χ0n) is 29.3. The summed E-state index contributed by atoms with van der Waals surface area (Å²) in [4.78, 5) is 26.9. The van der Waals surface area contributed by atoms with Gasteiger partial charge in [0.2, 0.25) is 0 Å². The molecule has 0 radical (unpaired) electrons. The van der Waals surface area contributed by atoms with Gasteiger partial charge in [0.25, 0.3) is 0 Å². The summed E-state index contributed by atoms with van der Waals surface area (Å²) in [6.45, 7) is 19.6. The van der Waals surface area contributed by atoms with Gasteiger partial charge in [-0.05, 0) is 113 Å². The van der Waals surface area contributed by atoms with E-state index in [1.54, 1.807) is 19.1 Å². The minimum absolute atomic E-state index is 0.313. The molecule has 0 saturated heterocycles. The Labute approximate surface area is 298 Å². The average molecular weight is 667 g/mol. The van der Waals surface area contributed by atoms with Crippen molar-refractivity contribution in [3.05, 3.63) is 169 Å². The fourth-order valence-electron chi connectivity index (χ4n) is 7.84. The third-order valence-corrected chi connectivity index (χ3v) is 10.4. The van der Waals surface area contributed by atoms with E-state index >= 15 is 0 Å². The highest BCUT2D eigenvalue weighted by Crippen LogP contribution is 2.56. The molecule has 0 saturated carbocycles. The summed E-state index contributed by atoms with van der Waals surface area (Å²) in [6.07, 6.45) is 3.49. The van der Waals surface area contributed by atoms with Gasteiger partial charge in [0.05, 0.1) is 5.41 Å². The van der Waals surface area contributed by atoms with Crippen LogP contribution in [0.4, 0.5) is 0 Å². The van der Waals surface area contributed by atoms with Crippen molar-refractivity contribution in [3.8, 4) is 33.4 Å². The molecule has 2 aliphatic rings. The summed E-state index contributed by atoms with van der Waals surface area (Å²) < 4.78 is 12.9. The first-order valence-corrected chi connectivity index (χ1v) is 17.2. The van der Waals surface area contributed by atoms with Gasteiger partial charge in [0.1, 0.15) is 0 Å². The van der Waals surface area contributed by atoms with Crippen LogP contribution in [0.2, 0.25) is 0 Å². The fourth-order valence-corrected chi connectivity index (χ4v) is 7.84. The number of carbonyl (C=O) groups is 2. The predicted octanol–water partition coefficient (Wildman–Crippen LogP) is 11.2. The van der Waals surface area contributed by atoms with Crippen LogP contribution < -0.4 is 0 Å². The standard InChI is InChI=1S/C47H38O4/c1-8-46(51-44(49)45(5,6)7)40-27-31(21-22-35(40)38-25-29-15-10-11-16-30(29)26-41(38)46)32-18-14-19-36-33(32)23-24-37-34-17-12-13-20-39(34)47(9-2,42(36)37)50-43(48)28(3)4/h8-27H,1-3H2,4-7H3. The van der Waals surface area contributed by atoms with Crippen molar-refractivity contribution in [2.75, 3.05) is 0 Å². The molecule has 0 heterocycles. The summed E-state index contributed by atoms with van der Waals surface area (Å²) >= 11 is 0. The molecular formula is C47H38O4. The molecule has 4 nitrogen and oxygen atoms in total.